The second kappa shape index (κ2) is 14.1. The molecule has 10 aromatic carbocycles. The fourth-order valence-corrected chi connectivity index (χ4v) is 8.70. The third-order valence-electron chi connectivity index (χ3n) is 11.5. The predicted octanol–water partition coefficient (Wildman–Crippen LogP) is 16.0. The van der Waals surface area contributed by atoms with Crippen LogP contribution >= 0.6 is 0 Å². The minimum Gasteiger partial charge on any atom is -0.455 e. The molecule has 0 aliphatic carbocycles. The monoisotopic (exact) mass is 739 g/mol. The van der Waals surface area contributed by atoms with Gasteiger partial charge in [0.25, 0.3) is 0 Å². The summed E-state index contributed by atoms with van der Waals surface area (Å²) >= 11 is 0. The molecule has 0 aliphatic heterocycles. The number of fused-ring (bicyclic) bond motifs is 5. The number of benzene rings is 10. The van der Waals surface area contributed by atoms with Gasteiger partial charge in [-0.15, -0.1) is 0 Å². The van der Waals surface area contributed by atoms with E-state index in [1.807, 2.05) is 6.07 Å². The number of nitrogens with zero attached hydrogens (tertiary/aromatic N) is 1. The Hall–Kier alpha value is -7.68. The first-order valence-corrected chi connectivity index (χ1v) is 19.8. The zero-order valence-electron chi connectivity index (χ0n) is 31.7. The smallest absolute Gasteiger partial charge is 0.143 e. The summed E-state index contributed by atoms with van der Waals surface area (Å²) in [7, 11) is 0. The van der Waals surface area contributed by atoms with Gasteiger partial charge in [0, 0.05) is 33.3 Å². The molecular formula is C56H37NO. The molecule has 0 aliphatic rings. The normalized spacial score (nSPS) is 11.4. The first-order valence-electron chi connectivity index (χ1n) is 19.8. The van der Waals surface area contributed by atoms with Crippen molar-refractivity contribution in [3.63, 3.8) is 0 Å². The van der Waals surface area contributed by atoms with E-state index in [1.54, 1.807) is 0 Å². The molecule has 0 N–H and O–H groups in total. The third kappa shape index (κ3) is 5.82. The van der Waals surface area contributed by atoms with E-state index in [0.29, 0.717) is 0 Å². The summed E-state index contributed by atoms with van der Waals surface area (Å²) in [5.74, 6) is 0.883. The number of para-hydroxylation sites is 1. The zero-order chi connectivity index (χ0) is 38.4. The molecule has 2 heteroatoms. The highest BCUT2D eigenvalue weighted by molar-refractivity contribution is 6.14. The topological polar surface area (TPSA) is 16.4 Å². The van der Waals surface area contributed by atoms with Crippen LogP contribution in [0, 0.1) is 0 Å². The van der Waals surface area contributed by atoms with Gasteiger partial charge in [0.15, 0.2) is 0 Å². The molecule has 1 aromatic heterocycles. The zero-order valence-corrected chi connectivity index (χ0v) is 31.7. The molecule has 0 saturated heterocycles. The summed E-state index contributed by atoms with van der Waals surface area (Å²) in [5, 5.41) is 8.59. The van der Waals surface area contributed by atoms with Crippen molar-refractivity contribution in [2.45, 2.75) is 0 Å². The van der Waals surface area contributed by atoms with E-state index >= 15 is 0 Å². The van der Waals surface area contributed by atoms with Gasteiger partial charge in [-0.2, -0.15) is 0 Å². The van der Waals surface area contributed by atoms with Crippen LogP contribution in [0.15, 0.2) is 229 Å². The lowest BCUT2D eigenvalue weighted by atomic mass is 9.93. The Morgan fingerprint density at radius 2 is 0.862 bits per heavy atom. The molecular weight excluding hydrogens is 703 g/mol. The minimum absolute atomic E-state index is 0.883. The average molecular weight is 740 g/mol. The van der Waals surface area contributed by atoms with Crippen molar-refractivity contribution in [1.29, 1.82) is 0 Å². The standard InChI is InChI=1S/C56H37NO/c1-2-15-41(16-3-1)55-51-25-10-11-27-54(51)58-56(55)44-20-12-19-42(36-44)38-28-32-45(33-29-38)57(53-26-13-18-39-14-4-7-22-48(39)53)46-34-30-40(31-35-46)52-37-43-17-5-6-21-47(43)49-23-8-9-24-50(49)52/h1-37H. The average Bonchev–Trinajstić information content (AvgIpc) is 3.70. The van der Waals surface area contributed by atoms with Gasteiger partial charge >= 0.3 is 0 Å². The first-order chi connectivity index (χ1) is 28.8. The lowest BCUT2D eigenvalue weighted by Crippen LogP contribution is -2.10. The number of anilines is 3. The highest BCUT2D eigenvalue weighted by Crippen LogP contribution is 2.44. The molecule has 0 radical (unpaired) electrons. The van der Waals surface area contributed by atoms with Crippen LogP contribution in [-0.2, 0) is 0 Å². The van der Waals surface area contributed by atoms with Crippen molar-refractivity contribution in [3.8, 4) is 44.7 Å². The maximum atomic E-state index is 6.58. The van der Waals surface area contributed by atoms with Crippen LogP contribution in [0.2, 0.25) is 0 Å². The maximum Gasteiger partial charge on any atom is 0.143 e. The predicted molar refractivity (Wildman–Crippen MR) is 245 cm³/mol. The second-order valence-electron chi connectivity index (χ2n) is 14.9. The summed E-state index contributed by atoms with van der Waals surface area (Å²) in [6, 6.07) is 80.5. The van der Waals surface area contributed by atoms with Gasteiger partial charge in [0.1, 0.15) is 11.3 Å². The van der Waals surface area contributed by atoms with Gasteiger partial charge in [0.05, 0.1) is 5.69 Å². The maximum absolute atomic E-state index is 6.58. The fourth-order valence-electron chi connectivity index (χ4n) is 8.70. The van der Waals surface area contributed by atoms with E-state index < -0.39 is 0 Å². The Morgan fingerprint density at radius 3 is 1.64 bits per heavy atom. The Bertz CT molecular complexity index is 3260. The molecule has 2 nitrogen and oxygen atoms in total. The van der Waals surface area contributed by atoms with Crippen LogP contribution in [0.4, 0.5) is 17.1 Å². The van der Waals surface area contributed by atoms with Gasteiger partial charge in [-0.3, -0.25) is 0 Å². The number of furan rings is 1. The number of hydrogen-bond donors (Lipinski definition) is 0. The van der Waals surface area contributed by atoms with Crippen LogP contribution in [0.1, 0.15) is 0 Å². The number of hydrogen-bond acceptors (Lipinski definition) is 2. The Kier molecular flexibility index (Phi) is 8.19. The highest BCUT2D eigenvalue weighted by atomic mass is 16.3. The summed E-state index contributed by atoms with van der Waals surface area (Å²) in [6.45, 7) is 0. The summed E-state index contributed by atoms with van der Waals surface area (Å²) in [6.07, 6.45) is 0. The molecule has 0 unspecified atom stereocenters. The van der Waals surface area contributed by atoms with Gasteiger partial charge < -0.3 is 9.32 Å². The molecule has 272 valence electrons. The van der Waals surface area contributed by atoms with Crippen molar-refractivity contribution >= 4 is 60.3 Å². The van der Waals surface area contributed by atoms with Crippen LogP contribution in [0.25, 0.3) is 88.0 Å². The number of rotatable bonds is 7. The fraction of sp³-hybridized carbons (Fsp3) is 0. The van der Waals surface area contributed by atoms with E-state index in [-0.39, 0.29) is 0 Å². The van der Waals surface area contributed by atoms with Crippen LogP contribution < -0.4 is 4.90 Å². The molecule has 0 amide bonds. The third-order valence-corrected chi connectivity index (χ3v) is 11.5. The summed E-state index contributed by atoms with van der Waals surface area (Å²) in [5.41, 5.74) is 12.2. The quantitative estimate of drug-likeness (QED) is 0.151. The molecule has 58 heavy (non-hydrogen) atoms. The van der Waals surface area contributed by atoms with E-state index in [0.717, 1.165) is 61.6 Å². The van der Waals surface area contributed by atoms with E-state index in [4.69, 9.17) is 4.42 Å². The molecule has 11 rings (SSSR count). The van der Waals surface area contributed by atoms with Gasteiger partial charge in [-0.25, -0.2) is 0 Å². The molecule has 0 atom stereocenters. The highest BCUT2D eigenvalue weighted by Gasteiger charge is 2.19. The van der Waals surface area contributed by atoms with E-state index in [1.165, 1.54) is 43.4 Å². The Labute approximate surface area is 337 Å². The Balaban J connectivity index is 0.995. The SMILES string of the molecule is c1ccc(-c2c(-c3cccc(-c4ccc(N(c5ccc(-c6cc7ccccc7c7ccccc67)cc5)c5cccc6ccccc56)cc4)c3)oc3ccccc23)cc1. The lowest BCUT2D eigenvalue weighted by Gasteiger charge is -2.27. The molecule has 0 bridgehead atoms. The van der Waals surface area contributed by atoms with Gasteiger partial charge in [-0.05, 0) is 103 Å². The largest absolute Gasteiger partial charge is 0.455 e. The lowest BCUT2D eigenvalue weighted by molar-refractivity contribution is 0.632. The van der Waals surface area contributed by atoms with Crippen LogP contribution in [-0.4, -0.2) is 0 Å². The van der Waals surface area contributed by atoms with E-state index in [9.17, 15) is 0 Å². The molecule has 1 heterocycles. The van der Waals surface area contributed by atoms with E-state index in [2.05, 4.69) is 223 Å². The van der Waals surface area contributed by atoms with Crippen LogP contribution in [0.5, 0.6) is 0 Å². The van der Waals surface area contributed by atoms with Crippen LogP contribution in [0.3, 0.4) is 0 Å². The van der Waals surface area contributed by atoms with Gasteiger partial charge in [0.2, 0.25) is 0 Å². The summed E-state index contributed by atoms with van der Waals surface area (Å²) in [4.78, 5) is 2.38. The van der Waals surface area contributed by atoms with Crippen molar-refractivity contribution in [2.24, 2.45) is 0 Å². The summed E-state index contributed by atoms with van der Waals surface area (Å²) < 4.78 is 6.58. The van der Waals surface area contributed by atoms with Gasteiger partial charge in [-0.1, -0.05) is 176 Å². The van der Waals surface area contributed by atoms with Crippen molar-refractivity contribution in [2.75, 3.05) is 4.90 Å². The van der Waals surface area contributed by atoms with Crippen molar-refractivity contribution in [3.05, 3.63) is 224 Å². The van der Waals surface area contributed by atoms with Crippen molar-refractivity contribution < 1.29 is 4.42 Å². The van der Waals surface area contributed by atoms with Crippen molar-refractivity contribution in [1.82, 2.24) is 0 Å². The second-order valence-corrected chi connectivity index (χ2v) is 14.9. The minimum atomic E-state index is 0.883. The first kappa shape index (κ1) is 33.6. The molecule has 0 fully saturated rings. The Morgan fingerprint density at radius 1 is 0.310 bits per heavy atom. The molecule has 11 aromatic rings. The molecule has 0 saturated carbocycles. The molecule has 0 spiro atoms.